The Morgan fingerprint density at radius 2 is 1.77 bits per heavy atom. The van der Waals surface area contributed by atoms with Crippen LogP contribution in [0.25, 0.3) is 0 Å². The van der Waals surface area contributed by atoms with Crippen LogP contribution in [0.1, 0.15) is 11.5 Å². The number of hydrogen-bond acceptors (Lipinski definition) is 4. The smallest absolute Gasteiger partial charge is 0.235 e. The van der Waals surface area contributed by atoms with Crippen molar-refractivity contribution < 1.29 is 12.8 Å². The standard InChI is InChI=1S/C7H9FN2O2S/c1-4-6(13(3,11)12)7(8)10-5(2)9-4/h1-3H3. The minimum atomic E-state index is -3.58. The van der Waals surface area contributed by atoms with Gasteiger partial charge in [0.25, 0.3) is 0 Å². The van der Waals surface area contributed by atoms with Crippen molar-refractivity contribution in [2.24, 2.45) is 0 Å². The Hall–Kier alpha value is -1.04. The third kappa shape index (κ3) is 2.00. The lowest BCUT2D eigenvalue weighted by molar-refractivity contribution is 0.527. The maximum atomic E-state index is 13.1. The van der Waals surface area contributed by atoms with Crippen molar-refractivity contribution in [2.75, 3.05) is 6.26 Å². The summed E-state index contributed by atoms with van der Waals surface area (Å²) in [6.07, 6.45) is 0.928. The molecule has 0 aliphatic rings. The zero-order chi connectivity index (χ0) is 10.2. The van der Waals surface area contributed by atoms with E-state index in [2.05, 4.69) is 9.97 Å². The maximum Gasteiger partial charge on any atom is 0.235 e. The summed E-state index contributed by atoms with van der Waals surface area (Å²) in [6.45, 7) is 2.94. The van der Waals surface area contributed by atoms with E-state index in [0.717, 1.165) is 6.26 Å². The van der Waals surface area contributed by atoms with Crippen molar-refractivity contribution in [1.82, 2.24) is 9.97 Å². The number of halogens is 1. The highest BCUT2D eigenvalue weighted by molar-refractivity contribution is 7.90. The average Bonchev–Trinajstić information content (AvgIpc) is 1.78. The summed E-state index contributed by atoms with van der Waals surface area (Å²) in [6, 6.07) is 0. The van der Waals surface area contributed by atoms with Gasteiger partial charge in [-0.1, -0.05) is 0 Å². The van der Waals surface area contributed by atoms with Crippen molar-refractivity contribution in [1.29, 1.82) is 0 Å². The molecule has 0 amide bonds. The molecule has 0 aliphatic heterocycles. The normalized spacial score (nSPS) is 11.7. The van der Waals surface area contributed by atoms with Crippen LogP contribution in [-0.2, 0) is 9.84 Å². The first-order valence-electron chi connectivity index (χ1n) is 3.53. The van der Waals surface area contributed by atoms with Crippen LogP contribution in [0.15, 0.2) is 4.90 Å². The van der Waals surface area contributed by atoms with Gasteiger partial charge in [0.2, 0.25) is 5.95 Å². The molecule has 72 valence electrons. The van der Waals surface area contributed by atoms with Crippen LogP contribution in [-0.4, -0.2) is 24.6 Å². The van der Waals surface area contributed by atoms with Gasteiger partial charge in [0, 0.05) is 6.26 Å². The zero-order valence-corrected chi connectivity index (χ0v) is 8.31. The Bertz CT molecular complexity index is 419. The maximum absolute atomic E-state index is 13.1. The first-order chi connectivity index (χ1) is 5.82. The fourth-order valence-electron chi connectivity index (χ4n) is 1.08. The van der Waals surface area contributed by atoms with Crippen LogP contribution in [0, 0.1) is 19.8 Å². The number of nitrogens with zero attached hydrogens (tertiary/aromatic N) is 2. The molecule has 0 radical (unpaired) electrons. The van der Waals surface area contributed by atoms with Gasteiger partial charge in [-0.2, -0.15) is 4.39 Å². The molecule has 1 aromatic rings. The second-order valence-electron chi connectivity index (χ2n) is 2.75. The zero-order valence-electron chi connectivity index (χ0n) is 7.50. The Balaban J connectivity index is 3.57. The van der Waals surface area contributed by atoms with Gasteiger partial charge in [-0.25, -0.2) is 18.4 Å². The van der Waals surface area contributed by atoms with E-state index in [9.17, 15) is 12.8 Å². The van der Waals surface area contributed by atoms with E-state index in [-0.39, 0.29) is 11.5 Å². The first kappa shape index (κ1) is 10.0. The van der Waals surface area contributed by atoms with E-state index in [4.69, 9.17) is 0 Å². The molecule has 1 heterocycles. The van der Waals surface area contributed by atoms with Gasteiger partial charge < -0.3 is 0 Å². The van der Waals surface area contributed by atoms with E-state index in [1.807, 2.05) is 0 Å². The second-order valence-corrected chi connectivity index (χ2v) is 4.70. The second kappa shape index (κ2) is 3.02. The van der Waals surface area contributed by atoms with Gasteiger partial charge >= 0.3 is 0 Å². The average molecular weight is 204 g/mol. The predicted molar refractivity (Wildman–Crippen MR) is 44.6 cm³/mol. The summed E-state index contributed by atoms with van der Waals surface area (Å²) < 4.78 is 35.2. The molecule has 0 unspecified atom stereocenters. The quantitative estimate of drug-likeness (QED) is 0.630. The molecule has 4 nitrogen and oxygen atoms in total. The largest absolute Gasteiger partial charge is 0.237 e. The lowest BCUT2D eigenvalue weighted by Gasteiger charge is -2.03. The Morgan fingerprint density at radius 3 is 2.15 bits per heavy atom. The molecule has 6 heteroatoms. The van der Waals surface area contributed by atoms with Gasteiger partial charge in [0.05, 0.1) is 5.69 Å². The van der Waals surface area contributed by atoms with Gasteiger partial charge in [0.15, 0.2) is 9.84 Å². The summed E-state index contributed by atoms with van der Waals surface area (Å²) in [4.78, 5) is 6.70. The monoisotopic (exact) mass is 204 g/mol. The lowest BCUT2D eigenvalue weighted by Crippen LogP contribution is -2.08. The first-order valence-corrected chi connectivity index (χ1v) is 5.42. The molecular weight excluding hydrogens is 195 g/mol. The molecule has 0 saturated heterocycles. The number of hydrogen-bond donors (Lipinski definition) is 0. The highest BCUT2D eigenvalue weighted by Gasteiger charge is 2.19. The molecule has 0 saturated carbocycles. The van der Waals surface area contributed by atoms with Crippen molar-refractivity contribution in [3.05, 3.63) is 17.5 Å². The van der Waals surface area contributed by atoms with Crippen LogP contribution in [0.2, 0.25) is 0 Å². The molecule has 1 aromatic heterocycles. The highest BCUT2D eigenvalue weighted by Crippen LogP contribution is 2.15. The molecular formula is C7H9FN2O2S. The Labute approximate surface area is 75.8 Å². The molecule has 0 fully saturated rings. The highest BCUT2D eigenvalue weighted by atomic mass is 32.2. The topological polar surface area (TPSA) is 59.9 Å². The number of aryl methyl sites for hydroxylation is 2. The predicted octanol–water partition coefficient (Wildman–Crippen LogP) is 0.636. The number of aromatic nitrogens is 2. The summed E-state index contributed by atoms with van der Waals surface area (Å²) in [5.74, 6) is -0.755. The van der Waals surface area contributed by atoms with Gasteiger partial charge in [-0.15, -0.1) is 0 Å². The number of sulfone groups is 1. The SMILES string of the molecule is Cc1nc(C)c(S(C)(=O)=O)c(F)n1. The molecule has 0 atom stereocenters. The molecule has 0 aliphatic carbocycles. The summed E-state index contributed by atoms with van der Waals surface area (Å²) in [5, 5.41) is 0. The van der Waals surface area contributed by atoms with Crippen LogP contribution in [0.3, 0.4) is 0 Å². The van der Waals surface area contributed by atoms with Crippen LogP contribution in [0.5, 0.6) is 0 Å². The van der Waals surface area contributed by atoms with Crippen molar-refractivity contribution in [3.63, 3.8) is 0 Å². The molecule has 13 heavy (non-hydrogen) atoms. The van der Waals surface area contributed by atoms with Crippen LogP contribution >= 0.6 is 0 Å². The fraction of sp³-hybridized carbons (Fsp3) is 0.429. The third-order valence-electron chi connectivity index (χ3n) is 1.48. The van der Waals surface area contributed by atoms with Gasteiger partial charge in [-0.05, 0) is 13.8 Å². The lowest BCUT2D eigenvalue weighted by atomic mass is 10.4. The summed E-state index contributed by atoms with van der Waals surface area (Å²) in [7, 11) is -3.58. The van der Waals surface area contributed by atoms with E-state index >= 15 is 0 Å². The van der Waals surface area contributed by atoms with E-state index < -0.39 is 20.7 Å². The summed E-state index contributed by atoms with van der Waals surface area (Å²) >= 11 is 0. The number of rotatable bonds is 1. The molecule has 0 aromatic carbocycles. The molecule has 0 N–H and O–H groups in total. The Morgan fingerprint density at radius 1 is 1.23 bits per heavy atom. The summed E-state index contributed by atoms with van der Waals surface area (Å²) in [5.41, 5.74) is 0.146. The molecule has 0 bridgehead atoms. The van der Waals surface area contributed by atoms with E-state index in [0.29, 0.717) is 0 Å². The van der Waals surface area contributed by atoms with Gasteiger partial charge in [-0.3, -0.25) is 0 Å². The Kier molecular flexibility index (Phi) is 2.34. The van der Waals surface area contributed by atoms with Crippen LogP contribution < -0.4 is 0 Å². The van der Waals surface area contributed by atoms with E-state index in [1.54, 1.807) is 0 Å². The fourth-order valence-corrected chi connectivity index (χ4v) is 2.02. The van der Waals surface area contributed by atoms with Gasteiger partial charge in [0.1, 0.15) is 10.7 Å². The van der Waals surface area contributed by atoms with Crippen molar-refractivity contribution >= 4 is 9.84 Å². The van der Waals surface area contributed by atoms with Crippen LogP contribution in [0.4, 0.5) is 4.39 Å². The molecule has 0 spiro atoms. The minimum absolute atomic E-state index is 0.146. The minimum Gasteiger partial charge on any atom is -0.237 e. The molecule has 1 rings (SSSR count). The van der Waals surface area contributed by atoms with Crippen molar-refractivity contribution in [3.8, 4) is 0 Å². The van der Waals surface area contributed by atoms with E-state index in [1.165, 1.54) is 13.8 Å². The third-order valence-corrected chi connectivity index (χ3v) is 2.68. The van der Waals surface area contributed by atoms with Crippen molar-refractivity contribution in [2.45, 2.75) is 18.7 Å².